The number of halogens is 5. The van der Waals surface area contributed by atoms with E-state index in [1.165, 1.54) is 12.1 Å². The molecule has 2 aliphatic rings. The number of piperidine rings is 1. The van der Waals surface area contributed by atoms with Gasteiger partial charge in [-0.25, -0.2) is 23.5 Å². The van der Waals surface area contributed by atoms with E-state index in [2.05, 4.69) is 15.1 Å². The van der Waals surface area contributed by atoms with Gasteiger partial charge in [-0.15, -0.1) is 0 Å². The molecule has 3 aromatic rings. The Morgan fingerprint density at radius 2 is 1.58 bits per heavy atom. The number of carbonyl (C=O) groups is 2. The van der Waals surface area contributed by atoms with Gasteiger partial charge in [0.15, 0.2) is 0 Å². The predicted octanol–water partition coefficient (Wildman–Crippen LogP) is 7.50. The van der Waals surface area contributed by atoms with Crippen molar-refractivity contribution in [3.05, 3.63) is 59.7 Å². The van der Waals surface area contributed by atoms with E-state index < -0.39 is 45.1 Å². The number of anilines is 1. The van der Waals surface area contributed by atoms with Gasteiger partial charge in [0.1, 0.15) is 6.10 Å². The van der Waals surface area contributed by atoms with E-state index in [1.54, 1.807) is 35.2 Å². The van der Waals surface area contributed by atoms with E-state index in [0.717, 1.165) is 34.2 Å². The highest BCUT2D eigenvalue weighted by Gasteiger charge is 2.44. The predicted molar refractivity (Wildman–Crippen MR) is 178 cm³/mol. The molecule has 3 heterocycles. The molecule has 1 saturated carbocycles. The van der Waals surface area contributed by atoms with Crippen molar-refractivity contribution in [1.29, 1.82) is 0 Å². The summed E-state index contributed by atoms with van der Waals surface area (Å²) in [7, 11) is 1.79. The molecule has 1 N–H and O–H groups in total. The Labute approximate surface area is 290 Å². The normalized spacial score (nSPS) is 23.0. The number of aliphatic carboxylic acids is 1. The lowest BCUT2D eigenvalue weighted by molar-refractivity contribution is -0.149. The van der Waals surface area contributed by atoms with Gasteiger partial charge in [-0.05, 0) is 62.3 Å². The van der Waals surface area contributed by atoms with Crippen LogP contribution in [-0.2, 0) is 33.0 Å². The van der Waals surface area contributed by atoms with Gasteiger partial charge in [-0.3, -0.25) is 9.48 Å². The highest BCUT2D eigenvalue weighted by Crippen LogP contribution is 2.40. The SMILES string of the molecule is CC[C@@H]1CC(N(Cc2cc(C(C)(F)F)cc(C(F)(F)I)c2)c2ncc(-c3cnn(C)c3)cn2)C[C@H](CC)N1C(=O)OC1CC(C(=O)O)C1. The maximum atomic E-state index is 14.5. The van der Waals surface area contributed by atoms with E-state index >= 15 is 0 Å². The fourth-order valence-corrected chi connectivity index (χ4v) is 6.86. The van der Waals surface area contributed by atoms with Crippen molar-refractivity contribution in [2.45, 2.75) is 99.9 Å². The van der Waals surface area contributed by atoms with Crippen LogP contribution in [0.4, 0.5) is 28.3 Å². The molecule has 1 aliphatic carbocycles. The first kappa shape index (κ1) is 35.8. The third-order valence-corrected chi connectivity index (χ3v) is 9.92. The number of carboxylic acid groups (broad SMARTS) is 1. The van der Waals surface area contributed by atoms with E-state index in [-0.39, 0.29) is 43.1 Å². The monoisotopic (exact) mass is 786 g/mol. The zero-order valence-electron chi connectivity index (χ0n) is 27.1. The summed E-state index contributed by atoms with van der Waals surface area (Å²) in [6, 6.07) is 2.49. The third kappa shape index (κ3) is 8.03. The Morgan fingerprint density at radius 1 is 0.979 bits per heavy atom. The third-order valence-electron chi connectivity index (χ3n) is 9.29. The maximum absolute atomic E-state index is 14.5. The first-order valence-electron chi connectivity index (χ1n) is 16.0. The molecule has 2 aromatic heterocycles. The molecule has 5 rings (SSSR count). The van der Waals surface area contributed by atoms with Gasteiger partial charge in [-0.2, -0.15) is 13.9 Å². The summed E-state index contributed by atoms with van der Waals surface area (Å²) in [5, 5.41) is 13.4. The summed E-state index contributed by atoms with van der Waals surface area (Å²) in [4.78, 5) is 37.6. The largest absolute Gasteiger partial charge is 0.481 e. The Balaban J connectivity index is 1.47. The number of likely N-dealkylation sites (tertiary alicyclic amines) is 1. The van der Waals surface area contributed by atoms with Gasteiger partial charge < -0.3 is 19.6 Å². The smallest absolute Gasteiger partial charge is 0.410 e. The van der Waals surface area contributed by atoms with Gasteiger partial charge in [0.2, 0.25) is 5.95 Å². The molecular weight excluding hydrogens is 747 g/mol. The summed E-state index contributed by atoms with van der Waals surface area (Å²) < 4.78 is 62.2. The van der Waals surface area contributed by atoms with Crippen molar-refractivity contribution in [3.63, 3.8) is 0 Å². The van der Waals surface area contributed by atoms with E-state index in [1.807, 2.05) is 24.9 Å². The zero-order valence-corrected chi connectivity index (χ0v) is 29.3. The van der Waals surface area contributed by atoms with Crippen LogP contribution >= 0.6 is 22.6 Å². The summed E-state index contributed by atoms with van der Waals surface area (Å²) in [6.45, 7) is 4.55. The van der Waals surface area contributed by atoms with Crippen LogP contribution in [0.1, 0.15) is 76.0 Å². The number of carbonyl (C=O) groups excluding carboxylic acids is 1. The number of amides is 1. The Morgan fingerprint density at radius 3 is 2.08 bits per heavy atom. The molecule has 15 heteroatoms. The maximum Gasteiger partial charge on any atom is 0.410 e. The minimum atomic E-state index is -3.38. The van der Waals surface area contributed by atoms with Crippen LogP contribution in [0.25, 0.3) is 11.1 Å². The molecule has 0 radical (unpaired) electrons. The average molecular weight is 787 g/mol. The van der Waals surface area contributed by atoms with Gasteiger partial charge >= 0.3 is 16.0 Å². The van der Waals surface area contributed by atoms with Gasteiger partial charge in [0.05, 0.1) is 12.1 Å². The lowest BCUT2D eigenvalue weighted by Gasteiger charge is -2.48. The van der Waals surface area contributed by atoms with Crippen LogP contribution in [0.5, 0.6) is 0 Å². The lowest BCUT2D eigenvalue weighted by atomic mass is 9.82. The molecule has 0 bridgehead atoms. The van der Waals surface area contributed by atoms with E-state index in [0.29, 0.717) is 44.1 Å². The Kier molecular flexibility index (Phi) is 10.6. The molecule has 1 unspecified atom stereocenters. The van der Waals surface area contributed by atoms with Crippen LogP contribution in [0.15, 0.2) is 43.0 Å². The zero-order chi connectivity index (χ0) is 35.0. The molecule has 10 nitrogen and oxygen atoms in total. The van der Waals surface area contributed by atoms with Crippen LogP contribution < -0.4 is 4.90 Å². The number of aromatic nitrogens is 4. The number of hydrogen-bond donors (Lipinski definition) is 1. The number of carboxylic acids is 1. The van der Waals surface area contributed by atoms with Crippen molar-refractivity contribution in [1.82, 2.24) is 24.6 Å². The topological polar surface area (TPSA) is 114 Å². The molecular formula is C33H39F4IN6O4. The van der Waals surface area contributed by atoms with Gasteiger partial charge in [0.25, 0.3) is 5.92 Å². The summed E-state index contributed by atoms with van der Waals surface area (Å²) in [5.74, 6) is -4.48. The lowest BCUT2D eigenvalue weighted by Crippen LogP contribution is -2.57. The Bertz CT molecular complexity index is 1560. The van der Waals surface area contributed by atoms with Crippen molar-refractivity contribution in [2.75, 3.05) is 4.90 Å². The number of aryl methyl sites for hydroxylation is 1. The molecule has 2 fully saturated rings. The van der Waals surface area contributed by atoms with Gasteiger partial charge in [-0.1, -0.05) is 13.8 Å². The average Bonchev–Trinajstić information content (AvgIpc) is 3.45. The number of rotatable bonds is 11. The van der Waals surface area contributed by atoms with Crippen molar-refractivity contribution < 1.29 is 37.0 Å². The number of ether oxygens (including phenoxy) is 1. The van der Waals surface area contributed by atoms with Gasteiger partial charge in [0, 0.05) is 102 Å². The van der Waals surface area contributed by atoms with E-state index in [4.69, 9.17) is 4.74 Å². The quantitative estimate of drug-likeness (QED) is 0.121. The highest BCUT2D eigenvalue weighted by molar-refractivity contribution is 14.1. The molecule has 1 aliphatic heterocycles. The van der Waals surface area contributed by atoms with Crippen molar-refractivity contribution >= 4 is 40.6 Å². The van der Waals surface area contributed by atoms with Crippen molar-refractivity contribution in [3.8, 4) is 11.1 Å². The number of alkyl halides is 5. The summed E-state index contributed by atoms with van der Waals surface area (Å²) in [5.41, 5.74) is 0.716. The van der Waals surface area contributed by atoms with E-state index in [9.17, 15) is 32.3 Å². The van der Waals surface area contributed by atoms with Crippen LogP contribution in [0, 0.1) is 5.92 Å². The second kappa shape index (κ2) is 14.2. The van der Waals surface area contributed by atoms with Crippen LogP contribution in [-0.4, -0.2) is 66.0 Å². The second-order valence-corrected chi connectivity index (χ2v) is 14.1. The number of nitrogens with zero attached hydrogens (tertiary/aromatic N) is 6. The number of hydrogen-bond acceptors (Lipinski definition) is 7. The fraction of sp³-hybridized carbons (Fsp3) is 0.545. The molecule has 1 saturated heterocycles. The van der Waals surface area contributed by atoms with Crippen molar-refractivity contribution in [2.24, 2.45) is 13.0 Å². The Hall–Kier alpha value is -3.50. The first-order valence-corrected chi connectivity index (χ1v) is 17.0. The minimum Gasteiger partial charge on any atom is -0.481 e. The molecule has 48 heavy (non-hydrogen) atoms. The minimum absolute atomic E-state index is 0.0312. The summed E-state index contributed by atoms with van der Waals surface area (Å²) >= 11 is 0.944. The molecule has 1 aromatic carbocycles. The first-order chi connectivity index (χ1) is 22.6. The number of benzene rings is 1. The molecule has 260 valence electrons. The second-order valence-electron chi connectivity index (χ2n) is 12.8. The fourth-order valence-electron chi connectivity index (χ4n) is 6.55. The molecule has 1 amide bonds. The molecule has 3 atom stereocenters. The van der Waals surface area contributed by atoms with Crippen LogP contribution in [0.2, 0.25) is 0 Å². The summed E-state index contributed by atoms with van der Waals surface area (Å²) in [6.07, 6.45) is 8.46. The molecule has 0 spiro atoms. The standard InChI is InChI=1S/C33H39F4IN6O4/c1-5-25-12-27(13-26(6-2)44(25)31(47)48-28-9-20(10-28)29(45)46)43(30-39-14-21(15-40-30)22-16-41-42(4)18-22)17-19-7-23(32(3,34)35)11-24(8-19)33(36,37)38/h7-8,11,14-16,18,20,25-28H,5-6,9-10,12-13,17H2,1-4H3,(H,45,46)/t20?,25-,26+,27?,28?. The highest BCUT2D eigenvalue weighted by atomic mass is 127. The van der Waals surface area contributed by atoms with Crippen LogP contribution in [0.3, 0.4) is 0 Å².